The molecule has 1 aliphatic carbocycles. The van der Waals surface area contributed by atoms with Crippen LogP contribution >= 0.6 is 0 Å². The minimum atomic E-state index is 0.108. The molecule has 0 unspecified atom stereocenters. The first-order valence-corrected chi connectivity index (χ1v) is 10.4. The Hall–Kier alpha value is -2.69. The molecule has 1 aromatic carbocycles. The van der Waals surface area contributed by atoms with Crippen molar-refractivity contribution >= 4 is 17.0 Å². The minimum absolute atomic E-state index is 0.108. The van der Waals surface area contributed by atoms with Crippen LogP contribution in [0.15, 0.2) is 47.0 Å². The summed E-state index contributed by atoms with van der Waals surface area (Å²) in [7, 11) is 0. The number of benzene rings is 1. The minimum Gasteiger partial charge on any atom is -0.440 e. The van der Waals surface area contributed by atoms with Gasteiger partial charge in [-0.15, -0.1) is 0 Å². The van der Waals surface area contributed by atoms with Gasteiger partial charge in [-0.2, -0.15) is 0 Å². The topological polar surface area (TPSA) is 59.2 Å². The lowest BCUT2D eigenvalue weighted by Gasteiger charge is -2.36. The SMILES string of the molecule is O=C(c1ccc2nc(C3CC3)oc2c1)N1CCCC[C@@H]1CCc1ccccn1. The van der Waals surface area contributed by atoms with Crippen molar-refractivity contribution in [3.63, 3.8) is 0 Å². The molecule has 1 atom stereocenters. The van der Waals surface area contributed by atoms with Crippen LogP contribution in [-0.2, 0) is 6.42 Å². The molecule has 0 bridgehead atoms. The molecule has 1 saturated heterocycles. The number of aromatic nitrogens is 2. The van der Waals surface area contributed by atoms with Gasteiger partial charge in [0.1, 0.15) is 5.52 Å². The normalized spacial score (nSPS) is 19.9. The first kappa shape index (κ1) is 17.4. The highest BCUT2D eigenvalue weighted by atomic mass is 16.3. The van der Waals surface area contributed by atoms with Gasteiger partial charge in [0, 0.05) is 36.0 Å². The molecular weight excluding hydrogens is 350 g/mol. The van der Waals surface area contributed by atoms with Crippen molar-refractivity contribution in [3.05, 3.63) is 59.7 Å². The lowest BCUT2D eigenvalue weighted by Crippen LogP contribution is -2.44. The number of pyridine rings is 1. The summed E-state index contributed by atoms with van der Waals surface area (Å²) in [4.78, 5) is 24.3. The molecule has 1 amide bonds. The molecule has 28 heavy (non-hydrogen) atoms. The van der Waals surface area contributed by atoms with Crippen LogP contribution in [0.5, 0.6) is 0 Å². The molecule has 5 nitrogen and oxygen atoms in total. The zero-order valence-corrected chi connectivity index (χ0v) is 16.0. The number of amides is 1. The fourth-order valence-corrected chi connectivity index (χ4v) is 4.17. The Morgan fingerprint density at radius 2 is 2.07 bits per heavy atom. The van der Waals surface area contributed by atoms with E-state index in [0.717, 1.165) is 67.8 Å². The molecule has 2 aromatic heterocycles. The van der Waals surface area contributed by atoms with Crippen LogP contribution in [0.4, 0.5) is 0 Å². The van der Waals surface area contributed by atoms with Crippen LogP contribution in [0.2, 0.25) is 0 Å². The Bertz CT molecular complexity index is 978. The van der Waals surface area contributed by atoms with Gasteiger partial charge in [0.2, 0.25) is 0 Å². The fourth-order valence-electron chi connectivity index (χ4n) is 4.17. The highest BCUT2D eigenvalue weighted by Gasteiger charge is 2.30. The third kappa shape index (κ3) is 3.53. The molecule has 1 saturated carbocycles. The summed E-state index contributed by atoms with van der Waals surface area (Å²) < 4.78 is 5.91. The smallest absolute Gasteiger partial charge is 0.254 e. The van der Waals surface area contributed by atoms with Gasteiger partial charge in [-0.25, -0.2) is 4.98 Å². The van der Waals surface area contributed by atoms with Crippen LogP contribution in [0.3, 0.4) is 0 Å². The average molecular weight is 375 g/mol. The molecular formula is C23H25N3O2. The average Bonchev–Trinajstić information content (AvgIpc) is 3.51. The third-order valence-electron chi connectivity index (χ3n) is 5.93. The summed E-state index contributed by atoms with van der Waals surface area (Å²) in [5.41, 5.74) is 3.38. The van der Waals surface area contributed by atoms with E-state index in [4.69, 9.17) is 4.42 Å². The number of carbonyl (C=O) groups is 1. The molecule has 144 valence electrons. The number of aryl methyl sites for hydroxylation is 1. The van der Waals surface area contributed by atoms with Gasteiger partial charge in [0.05, 0.1) is 0 Å². The zero-order valence-electron chi connectivity index (χ0n) is 16.0. The van der Waals surface area contributed by atoms with E-state index < -0.39 is 0 Å². The second-order valence-electron chi connectivity index (χ2n) is 8.02. The van der Waals surface area contributed by atoms with E-state index in [-0.39, 0.29) is 11.9 Å². The number of oxazole rings is 1. The molecule has 1 aliphatic heterocycles. The highest BCUT2D eigenvalue weighted by molar-refractivity contribution is 5.97. The van der Waals surface area contributed by atoms with E-state index >= 15 is 0 Å². The molecule has 0 N–H and O–H groups in total. The van der Waals surface area contributed by atoms with Crippen molar-refractivity contribution in [3.8, 4) is 0 Å². The molecule has 5 rings (SSSR count). The molecule has 0 spiro atoms. The summed E-state index contributed by atoms with van der Waals surface area (Å²) in [5.74, 6) is 1.41. The summed E-state index contributed by atoms with van der Waals surface area (Å²) in [6.07, 6.45) is 9.33. The Balaban J connectivity index is 1.33. The second kappa shape index (κ2) is 7.38. The molecule has 5 heteroatoms. The van der Waals surface area contributed by atoms with Crippen molar-refractivity contribution in [1.29, 1.82) is 0 Å². The molecule has 3 heterocycles. The maximum absolute atomic E-state index is 13.3. The Kier molecular flexibility index (Phi) is 4.59. The Labute approximate surface area is 164 Å². The standard InChI is InChI=1S/C23H25N3O2/c27-23(17-9-12-20-21(15-17)28-22(25-20)16-7-8-16)26-14-4-2-6-19(26)11-10-18-5-1-3-13-24-18/h1,3,5,9,12-13,15-16,19H,2,4,6-8,10-11,14H2/t19-/m1/s1. The molecule has 0 radical (unpaired) electrons. The molecule has 2 aliphatic rings. The van der Waals surface area contributed by atoms with Crippen molar-refractivity contribution < 1.29 is 9.21 Å². The summed E-state index contributed by atoms with van der Waals surface area (Å²) >= 11 is 0. The zero-order chi connectivity index (χ0) is 18.9. The summed E-state index contributed by atoms with van der Waals surface area (Å²) in [5, 5.41) is 0. The number of hydrogen-bond acceptors (Lipinski definition) is 4. The van der Waals surface area contributed by atoms with E-state index in [2.05, 4.69) is 20.9 Å². The predicted octanol–water partition coefficient (Wildman–Crippen LogP) is 4.73. The van der Waals surface area contributed by atoms with Gasteiger partial charge in [-0.1, -0.05) is 6.07 Å². The Morgan fingerprint density at radius 1 is 1.14 bits per heavy atom. The first-order chi connectivity index (χ1) is 13.8. The maximum Gasteiger partial charge on any atom is 0.254 e. The van der Waals surface area contributed by atoms with E-state index in [1.165, 1.54) is 6.42 Å². The van der Waals surface area contributed by atoms with Gasteiger partial charge in [-0.3, -0.25) is 9.78 Å². The van der Waals surface area contributed by atoms with Crippen LogP contribution in [-0.4, -0.2) is 33.4 Å². The van der Waals surface area contributed by atoms with Crippen molar-refractivity contribution in [1.82, 2.24) is 14.9 Å². The number of piperidine rings is 1. The quantitative estimate of drug-likeness (QED) is 0.647. The number of hydrogen-bond donors (Lipinski definition) is 0. The van der Waals surface area contributed by atoms with Crippen molar-refractivity contribution in [2.75, 3.05) is 6.54 Å². The van der Waals surface area contributed by atoms with Crippen LogP contribution in [0.25, 0.3) is 11.1 Å². The highest BCUT2D eigenvalue weighted by Crippen LogP contribution is 2.40. The van der Waals surface area contributed by atoms with Gasteiger partial charge >= 0.3 is 0 Å². The van der Waals surface area contributed by atoms with E-state index in [0.29, 0.717) is 11.5 Å². The fraction of sp³-hybridized carbons (Fsp3) is 0.435. The van der Waals surface area contributed by atoms with Gasteiger partial charge in [0.15, 0.2) is 11.5 Å². The van der Waals surface area contributed by atoms with Crippen LogP contribution in [0, 0.1) is 0 Å². The maximum atomic E-state index is 13.3. The van der Waals surface area contributed by atoms with Crippen molar-refractivity contribution in [2.45, 2.75) is 56.9 Å². The Morgan fingerprint density at radius 3 is 2.89 bits per heavy atom. The summed E-state index contributed by atoms with van der Waals surface area (Å²) in [6.45, 7) is 0.827. The molecule has 2 fully saturated rings. The monoisotopic (exact) mass is 375 g/mol. The van der Waals surface area contributed by atoms with Gasteiger partial charge in [0.25, 0.3) is 5.91 Å². The number of nitrogens with zero attached hydrogens (tertiary/aromatic N) is 3. The van der Waals surface area contributed by atoms with E-state index in [9.17, 15) is 4.79 Å². The summed E-state index contributed by atoms with van der Waals surface area (Å²) in [6, 6.07) is 12.0. The van der Waals surface area contributed by atoms with Crippen molar-refractivity contribution in [2.24, 2.45) is 0 Å². The molecule has 3 aromatic rings. The van der Waals surface area contributed by atoms with E-state index in [1.807, 2.05) is 36.5 Å². The predicted molar refractivity (Wildman–Crippen MR) is 107 cm³/mol. The number of carbonyl (C=O) groups excluding carboxylic acids is 1. The van der Waals surface area contributed by atoms with Crippen LogP contribution < -0.4 is 0 Å². The first-order valence-electron chi connectivity index (χ1n) is 10.4. The third-order valence-corrected chi connectivity index (χ3v) is 5.93. The largest absolute Gasteiger partial charge is 0.440 e. The number of likely N-dealkylation sites (tertiary alicyclic amines) is 1. The van der Waals surface area contributed by atoms with Crippen LogP contribution in [0.1, 0.15) is 66.4 Å². The number of fused-ring (bicyclic) bond motifs is 1. The lowest BCUT2D eigenvalue weighted by atomic mass is 9.96. The second-order valence-corrected chi connectivity index (χ2v) is 8.02. The lowest BCUT2D eigenvalue weighted by molar-refractivity contribution is 0.0601. The van der Waals surface area contributed by atoms with Gasteiger partial charge in [-0.05, 0) is 75.3 Å². The number of rotatable bonds is 5. The van der Waals surface area contributed by atoms with Gasteiger partial charge < -0.3 is 9.32 Å². The van der Waals surface area contributed by atoms with E-state index in [1.54, 1.807) is 0 Å².